The molecule has 0 saturated carbocycles. The first-order valence-corrected chi connectivity index (χ1v) is 8.34. The maximum atomic E-state index is 12.6. The van der Waals surface area contributed by atoms with Crippen molar-refractivity contribution in [3.05, 3.63) is 41.8 Å². The second-order valence-electron chi connectivity index (χ2n) is 4.70. The van der Waals surface area contributed by atoms with Gasteiger partial charge in [-0.15, -0.1) is 0 Å². The number of nitrogens with one attached hydrogen (secondary N) is 1. The van der Waals surface area contributed by atoms with Crippen LogP contribution in [0.25, 0.3) is 10.9 Å². The van der Waals surface area contributed by atoms with Gasteiger partial charge in [0.25, 0.3) is 10.0 Å². The molecule has 9 heteroatoms. The molecule has 2 heterocycles. The number of aromatic nitrogens is 3. The Bertz CT molecular complexity index is 968. The Hall–Kier alpha value is -2.50. The van der Waals surface area contributed by atoms with Crippen LogP contribution in [0.3, 0.4) is 0 Å². The number of methoxy groups -OCH3 is 1. The van der Waals surface area contributed by atoms with E-state index in [4.69, 9.17) is 16.3 Å². The molecule has 0 bridgehead atoms. The molecule has 118 valence electrons. The summed E-state index contributed by atoms with van der Waals surface area (Å²) in [6, 6.07) is 6.19. The van der Waals surface area contributed by atoms with E-state index in [-0.39, 0.29) is 15.7 Å². The fraction of sp³-hybridized carbons (Fsp3) is 0.143. The van der Waals surface area contributed by atoms with E-state index in [2.05, 4.69) is 21.0 Å². The average molecular weight is 352 g/mol. The minimum absolute atomic E-state index is 0.00731. The highest BCUT2D eigenvalue weighted by Crippen LogP contribution is 2.33. The highest BCUT2D eigenvalue weighted by molar-refractivity contribution is 7.92. The number of hydrogen-bond acceptors (Lipinski definition) is 4. The number of rotatable bonds is 4. The van der Waals surface area contributed by atoms with Crippen molar-refractivity contribution >= 4 is 38.2 Å². The molecule has 0 spiro atoms. The highest BCUT2D eigenvalue weighted by Gasteiger charge is 2.23. The first kappa shape index (κ1) is 15.4. The van der Waals surface area contributed by atoms with Gasteiger partial charge in [-0.3, -0.25) is 4.72 Å². The Kier molecular flexibility index (Phi) is 3.75. The standard InChI is InChI=1S/C14H12ClN4O3S/c1-19-14-9(7-17-19)3-5-11(22-2)13(14)18-23(20,21)10-4-6-12(15)16-8-10/h3-6,8,18H,1-2H3/q+1. The van der Waals surface area contributed by atoms with Gasteiger partial charge in [-0.05, 0) is 28.9 Å². The number of nitrogens with zero attached hydrogens (tertiary/aromatic N) is 3. The van der Waals surface area contributed by atoms with Crippen molar-refractivity contribution in [3.8, 4) is 5.75 Å². The van der Waals surface area contributed by atoms with Gasteiger partial charge in [-0.2, -0.15) is 0 Å². The van der Waals surface area contributed by atoms with Gasteiger partial charge in [0.15, 0.2) is 5.52 Å². The average Bonchev–Trinajstić information content (AvgIpc) is 2.89. The van der Waals surface area contributed by atoms with Crippen molar-refractivity contribution in [2.24, 2.45) is 7.05 Å². The van der Waals surface area contributed by atoms with Crippen molar-refractivity contribution < 1.29 is 18.3 Å². The molecule has 0 fully saturated rings. The predicted molar refractivity (Wildman–Crippen MR) is 84.0 cm³/mol. The molecule has 1 aromatic carbocycles. The number of hydrogen-bond donors (Lipinski definition) is 1. The second-order valence-corrected chi connectivity index (χ2v) is 6.77. The lowest BCUT2D eigenvalue weighted by atomic mass is 10.2. The van der Waals surface area contributed by atoms with Gasteiger partial charge in [-0.25, -0.2) is 13.4 Å². The lowest BCUT2D eigenvalue weighted by Crippen LogP contribution is -2.16. The lowest BCUT2D eigenvalue weighted by Gasteiger charge is -2.12. The first-order valence-electron chi connectivity index (χ1n) is 6.48. The summed E-state index contributed by atoms with van der Waals surface area (Å²) in [6.07, 6.45) is 3.99. The van der Waals surface area contributed by atoms with E-state index in [9.17, 15) is 8.42 Å². The number of sulfonamides is 1. The maximum absolute atomic E-state index is 12.6. The monoisotopic (exact) mass is 351 g/mol. The van der Waals surface area contributed by atoms with Crippen LogP contribution in [0.2, 0.25) is 5.15 Å². The second kappa shape index (κ2) is 5.61. The van der Waals surface area contributed by atoms with Crippen LogP contribution in [0.5, 0.6) is 5.75 Å². The molecule has 0 aliphatic carbocycles. The Morgan fingerprint density at radius 1 is 1.35 bits per heavy atom. The summed E-state index contributed by atoms with van der Waals surface area (Å²) >= 11 is 5.69. The third-order valence-electron chi connectivity index (χ3n) is 3.25. The molecule has 3 aromatic rings. The van der Waals surface area contributed by atoms with E-state index < -0.39 is 10.0 Å². The molecule has 0 amide bonds. The normalized spacial score (nSPS) is 11.3. The van der Waals surface area contributed by atoms with Crippen molar-refractivity contribution in [1.29, 1.82) is 0 Å². The Morgan fingerprint density at radius 3 is 2.78 bits per heavy atom. The zero-order chi connectivity index (χ0) is 16.6. The van der Waals surface area contributed by atoms with Crippen molar-refractivity contribution in [1.82, 2.24) is 9.67 Å². The molecular weight excluding hydrogens is 340 g/mol. The van der Waals surface area contributed by atoms with Crippen molar-refractivity contribution in [2.75, 3.05) is 11.8 Å². The number of pyridine rings is 1. The molecule has 3 rings (SSSR count). The number of fused-ring (bicyclic) bond motifs is 1. The number of anilines is 1. The molecular formula is C14H12ClN4O3S+. The van der Waals surface area contributed by atoms with Crippen LogP contribution in [0.1, 0.15) is 0 Å². The quantitative estimate of drug-likeness (QED) is 0.718. The number of halogens is 1. The highest BCUT2D eigenvalue weighted by atomic mass is 35.5. The van der Waals surface area contributed by atoms with Crippen LogP contribution in [0.4, 0.5) is 5.69 Å². The zero-order valence-corrected chi connectivity index (χ0v) is 13.8. The zero-order valence-electron chi connectivity index (χ0n) is 12.2. The molecule has 2 aromatic heterocycles. The van der Waals surface area contributed by atoms with E-state index in [0.717, 1.165) is 0 Å². The fourth-order valence-electron chi connectivity index (χ4n) is 2.16. The summed E-state index contributed by atoms with van der Waals surface area (Å²) < 4.78 is 34.4. The topological polar surface area (TPSA) is 87.3 Å². The smallest absolute Gasteiger partial charge is 0.360 e. The minimum Gasteiger partial charge on any atom is -0.494 e. The van der Waals surface area contributed by atoms with Gasteiger partial charge in [0, 0.05) is 6.20 Å². The molecule has 0 unspecified atom stereocenters. The van der Waals surface area contributed by atoms with Crippen LogP contribution in [0.15, 0.2) is 35.4 Å². The number of ether oxygens (including phenoxy) is 1. The molecule has 0 radical (unpaired) electrons. The summed E-state index contributed by atoms with van der Waals surface area (Å²) in [5.74, 6) is 0.375. The van der Waals surface area contributed by atoms with Gasteiger partial charge in [0.05, 0.1) is 19.3 Å². The molecule has 0 aliphatic rings. The van der Waals surface area contributed by atoms with Crippen LogP contribution >= 0.6 is 11.6 Å². The van der Waals surface area contributed by atoms with Gasteiger partial charge in [0.2, 0.25) is 0 Å². The Morgan fingerprint density at radius 2 is 2.13 bits per heavy atom. The maximum Gasteiger partial charge on any atom is 0.360 e. The number of benzene rings is 1. The van der Waals surface area contributed by atoms with Crippen LogP contribution < -0.4 is 14.6 Å². The van der Waals surface area contributed by atoms with E-state index in [1.54, 1.807) is 19.2 Å². The lowest BCUT2D eigenvalue weighted by molar-refractivity contribution is -0.408. The molecule has 0 saturated heterocycles. The Labute approximate surface area is 137 Å². The van der Waals surface area contributed by atoms with Gasteiger partial charge in [-0.1, -0.05) is 11.6 Å². The van der Waals surface area contributed by atoms with Gasteiger partial charge in [0.1, 0.15) is 26.9 Å². The molecule has 23 heavy (non-hydrogen) atoms. The summed E-state index contributed by atoms with van der Waals surface area (Å²) in [5.41, 5.74) is 0.853. The summed E-state index contributed by atoms with van der Waals surface area (Å²) in [5, 5.41) is 4.90. The first-order chi connectivity index (χ1) is 10.9. The minimum atomic E-state index is -3.85. The summed E-state index contributed by atoms with van der Waals surface area (Å²) in [4.78, 5) is 3.78. The summed E-state index contributed by atoms with van der Waals surface area (Å²) in [7, 11) is -0.699. The third-order valence-corrected chi connectivity index (χ3v) is 4.81. The SMILES string of the molecule is COc1ccc2c#[n+]n(C)c2c1NS(=O)(=O)c1ccc(Cl)nc1. The van der Waals surface area contributed by atoms with Crippen LogP contribution in [0, 0.1) is 6.20 Å². The third kappa shape index (κ3) is 2.76. The molecule has 0 aliphatic heterocycles. The van der Waals surface area contributed by atoms with Crippen LogP contribution in [-0.4, -0.2) is 25.2 Å². The van der Waals surface area contributed by atoms with E-state index in [0.29, 0.717) is 16.7 Å². The fourth-order valence-corrected chi connectivity index (χ4v) is 3.30. The van der Waals surface area contributed by atoms with Gasteiger partial charge < -0.3 is 4.74 Å². The largest absolute Gasteiger partial charge is 0.494 e. The van der Waals surface area contributed by atoms with E-state index in [1.807, 2.05) is 0 Å². The summed E-state index contributed by atoms with van der Waals surface area (Å²) in [6.45, 7) is 0. The van der Waals surface area contributed by atoms with Crippen molar-refractivity contribution in [3.63, 3.8) is 0 Å². The van der Waals surface area contributed by atoms with E-state index in [1.165, 1.54) is 30.1 Å². The molecule has 7 nitrogen and oxygen atoms in total. The van der Waals surface area contributed by atoms with Gasteiger partial charge >= 0.3 is 6.20 Å². The van der Waals surface area contributed by atoms with Crippen molar-refractivity contribution in [2.45, 2.75) is 4.90 Å². The molecule has 0 atom stereocenters. The molecule has 1 N–H and O–H groups in total. The number of aryl methyl sites for hydroxylation is 1. The Balaban J connectivity index is 2.13. The van der Waals surface area contributed by atoms with Crippen LogP contribution in [-0.2, 0) is 17.1 Å². The van der Waals surface area contributed by atoms with E-state index >= 15 is 0 Å². The predicted octanol–water partition coefficient (Wildman–Crippen LogP) is 1.44.